The van der Waals surface area contributed by atoms with E-state index in [2.05, 4.69) is 26.1 Å². The number of methoxy groups -OCH3 is 1. The number of nitrogens with zero attached hydrogens (tertiary/aromatic N) is 2. The minimum Gasteiger partial charge on any atom is -0.390 e. The zero-order chi connectivity index (χ0) is 14.7. The minimum absolute atomic E-state index is 0.244. The Bertz CT molecular complexity index is 575. The summed E-state index contributed by atoms with van der Waals surface area (Å²) in [5, 5.41) is 13.6. The second-order valence-electron chi connectivity index (χ2n) is 4.75. The average Bonchev–Trinajstić information content (AvgIpc) is 2.84. The molecule has 0 spiro atoms. The summed E-state index contributed by atoms with van der Waals surface area (Å²) in [6.45, 7) is 4.28. The molecule has 1 aromatic heterocycles. The van der Waals surface area contributed by atoms with Gasteiger partial charge in [0.05, 0.1) is 19.1 Å². The average molecular weight is 341 g/mol. The zero-order valence-corrected chi connectivity index (χ0v) is 13.3. The number of halogens is 1. The first-order chi connectivity index (χ1) is 9.51. The van der Waals surface area contributed by atoms with Gasteiger partial charge in [-0.3, -0.25) is 0 Å². The predicted octanol–water partition coefficient (Wildman–Crippen LogP) is 2.67. The molecule has 0 fully saturated rings. The monoisotopic (exact) mass is 340 g/mol. The van der Waals surface area contributed by atoms with E-state index >= 15 is 0 Å². The summed E-state index contributed by atoms with van der Waals surface area (Å²) in [4.78, 5) is 4.31. The van der Waals surface area contributed by atoms with E-state index < -0.39 is 6.10 Å². The lowest BCUT2D eigenvalue weighted by molar-refractivity contribution is 0.0599. The van der Waals surface area contributed by atoms with Gasteiger partial charge in [-0.2, -0.15) is 4.98 Å². The van der Waals surface area contributed by atoms with Crippen LogP contribution in [-0.4, -0.2) is 35.1 Å². The maximum Gasteiger partial charge on any atom is 0.229 e. The first-order valence-electron chi connectivity index (χ1n) is 6.28. The van der Waals surface area contributed by atoms with Gasteiger partial charge < -0.3 is 14.4 Å². The highest BCUT2D eigenvalue weighted by atomic mass is 79.9. The van der Waals surface area contributed by atoms with E-state index in [1.807, 2.05) is 26.0 Å². The largest absolute Gasteiger partial charge is 0.390 e. The van der Waals surface area contributed by atoms with Gasteiger partial charge in [-0.05, 0) is 37.1 Å². The van der Waals surface area contributed by atoms with E-state index in [1.54, 1.807) is 0 Å². The van der Waals surface area contributed by atoms with E-state index in [0.29, 0.717) is 11.7 Å². The topological polar surface area (TPSA) is 68.4 Å². The molecule has 0 bridgehead atoms. The molecule has 2 rings (SSSR count). The van der Waals surface area contributed by atoms with E-state index in [0.717, 1.165) is 21.2 Å². The van der Waals surface area contributed by atoms with Gasteiger partial charge in [-0.25, -0.2) is 0 Å². The van der Waals surface area contributed by atoms with Crippen LogP contribution in [-0.2, 0) is 11.2 Å². The molecule has 0 aliphatic heterocycles. The van der Waals surface area contributed by atoms with Crippen molar-refractivity contribution < 1.29 is 14.4 Å². The van der Waals surface area contributed by atoms with Crippen molar-refractivity contribution in [2.75, 3.05) is 13.7 Å². The SMILES string of the molecule is COCC(O)Cc1nc(-c2cc(C)c(Br)c(C)c2)no1. The molecule has 1 atom stereocenters. The molecule has 0 amide bonds. The molecule has 0 radical (unpaired) electrons. The van der Waals surface area contributed by atoms with Crippen LogP contribution in [0.2, 0.25) is 0 Å². The highest BCUT2D eigenvalue weighted by molar-refractivity contribution is 9.10. The van der Waals surface area contributed by atoms with E-state index in [-0.39, 0.29) is 13.0 Å². The Morgan fingerprint density at radius 1 is 1.35 bits per heavy atom. The first kappa shape index (κ1) is 15.2. The van der Waals surface area contributed by atoms with Gasteiger partial charge in [0.2, 0.25) is 11.7 Å². The molecule has 108 valence electrons. The summed E-state index contributed by atoms with van der Waals surface area (Å²) in [6.07, 6.45) is -0.350. The van der Waals surface area contributed by atoms with Crippen molar-refractivity contribution in [2.24, 2.45) is 0 Å². The van der Waals surface area contributed by atoms with Crippen LogP contribution < -0.4 is 0 Å². The highest BCUT2D eigenvalue weighted by Crippen LogP contribution is 2.27. The highest BCUT2D eigenvalue weighted by Gasteiger charge is 2.14. The van der Waals surface area contributed by atoms with Crippen LogP contribution >= 0.6 is 15.9 Å². The van der Waals surface area contributed by atoms with Crippen molar-refractivity contribution in [3.63, 3.8) is 0 Å². The van der Waals surface area contributed by atoms with Gasteiger partial charge in [0.1, 0.15) is 0 Å². The molecule has 20 heavy (non-hydrogen) atoms. The Morgan fingerprint density at radius 3 is 2.60 bits per heavy atom. The quantitative estimate of drug-likeness (QED) is 0.906. The number of aromatic nitrogens is 2. The smallest absolute Gasteiger partial charge is 0.229 e. The standard InChI is InChI=1S/C14H17BrN2O3/c1-8-4-10(5-9(2)13(8)15)14-16-12(20-17-14)6-11(18)7-19-3/h4-5,11,18H,6-7H2,1-3H3. The number of rotatable bonds is 5. The molecule has 5 nitrogen and oxygen atoms in total. The van der Waals surface area contributed by atoms with Crippen molar-refractivity contribution in [1.82, 2.24) is 10.1 Å². The summed E-state index contributed by atoms with van der Waals surface area (Å²) < 4.78 is 11.1. The minimum atomic E-state index is -0.637. The van der Waals surface area contributed by atoms with Crippen LogP contribution in [0.3, 0.4) is 0 Å². The van der Waals surface area contributed by atoms with Gasteiger partial charge in [-0.1, -0.05) is 21.1 Å². The predicted molar refractivity (Wildman–Crippen MR) is 78.5 cm³/mol. The molecule has 0 aliphatic rings. The third kappa shape index (κ3) is 3.45. The van der Waals surface area contributed by atoms with Crippen molar-refractivity contribution in [1.29, 1.82) is 0 Å². The second kappa shape index (κ2) is 6.47. The third-order valence-electron chi connectivity index (χ3n) is 2.93. The van der Waals surface area contributed by atoms with Crippen LogP contribution in [0.1, 0.15) is 17.0 Å². The van der Waals surface area contributed by atoms with Crippen molar-refractivity contribution in [3.8, 4) is 11.4 Å². The Hall–Kier alpha value is -1.24. The normalized spacial score (nSPS) is 12.7. The summed E-state index contributed by atoms with van der Waals surface area (Å²) in [7, 11) is 1.54. The number of hydrogen-bond donors (Lipinski definition) is 1. The van der Waals surface area contributed by atoms with Crippen LogP contribution in [0.4, 0.5) is 0 Å². The lowest BCUT2D eigenvalue weighted by atomic mass is 10.1. The van der Waals surface area contributed by atoms with Crippen LogP contribution in [0.5, 0.6) is 0 Å². The summed E-state index contributed by atoms with van der Waals surface area (Å²) in [5.74, 6) is 0.936. The number of ether oxygens (including phenoxy) is 1. The third-order valence-corrected chi connectivity index (χ3v) is 4.18. The molecule has 1 N–H and O–H groups in total. The molecular formula is C14H17BrN2O3. The van der Waals surface area contributed by atoms with Gasteiger partial charge >= 0.3 is 0 Å². The molecule has 1 aromatic carbocycles. The van der Waals surface area contributed by atoms with Crippen LogP contribution in [0.15, 0.2) is 21.1 Å². The Balaban J connectivity index is 2.20. The maximum absolute atomic E-state index is 9.65. The van der Waals surface area contributed by atoms with Gasteiger partial charge in [0.25, 0.3) is 0 Å². The van der Waals surface area contributed by atoms with Gasteiger partial charge in [0, 0.05) is 17.1 Å². The number of aliphatic hydroxyl groups excluding tert-OH is 1. The lowest BCUT2D eigenvalue weighted by Crippen LogP contribution is -2.17. The Morgan fingerprint density at radius 2 is 2.00 bits per heavy atom. The van der Waals surface area contributed by atoms with Crippen LogP contribution in [0.25, 0.3) is 11.4 Å². The molecule has 2 aromatic rings. The molecule has 1 unspecified atom stereocenters. The van der Waals surface area contributed by atoms with Crippen molar-refractivity contribution in [2.45, 2.75) is 26.4 Å². The Labute approximate surface area is 126 Å². The van der Waals surface area contributed by atoms with E-state index in [9.17, 15) is 5.11 Å². The molecule has 0 saturated carbocycles. The zero-order valence-electron chi connectivity index (χ0n) is 11.7. The molecule has 0 saturated heterocycles. The second-order valence-corrected chi connectivity index (χ2v) is 5.54. The fraction of sp³-hybridized carbons (Fsp3) is 0.429. The van der Waals surface area contributed by atoms with Crippen molar-refractivity contribution >= 4 is 15.9 Å². The van der Waals surface area contributed by atoms with Crippen LogP contribution in [0, 0.1) is 13.8 Å². The maximum atomic E-state index is 9.65. The van der Waals surface area contributed by atoms with E-state index in [1.165, 1.54) is 7.11 Å². The van der Waals surface area contributed by atoms with Gasteiger partial charge in [0.15, 0.2) is 0 Å². The number of hydrogen-bond acceptors (Lipinski definition) is 5. The summed E-state index contributed by atoms with van der Waals surface area (Å²) in [5.41, 5.74) is 3.14. The molecule has 6 heteroatoms. The fourth-order valence-electron chi connectivity index (χ4n) is 1.98. The molecular weight excluding hydrogens is 324 g/mol. The number of aliphatic hydroxyl groups is 1. The summed E-state index contributed by atoms with van der Waals surface area (Å²) >= 11 is 3.53. The Kier molecular flexibility index (Phi) is 4.91. The molecule has 0 aliphatic carbocycles. The first-order valence-corrected chi connectivity index (χ1v) is 7.07. The van der Waals surface area contributed by atoms with E-state index in [4.69, 9.17) is 9.26 Å². The number of aryl methyl sites for hydroxylation is 2. The lowest BCUT2D eigenvalue weighted by Gasteiger charge is -2.05. The molecule has 1 heterocycles. The number of benzene rings is 1. The van der Waals surface area contributed by atoms with Crippen molar-refractivity contribution in [3.05, 3.63) is 33.6 Å². The van der Waals surface area contributed by atoms with Gasteiger partial charge in [-0.15, -0.1) is 0 Å². The fourth-order valence-corrected chi connectivity index (χ4v) is 2.21. The summed E-state index contributed by atoms with van der Waals surface area (Å²) in [6, 6.07) is 3.99.